The van der Waals surface area contributed by atoms with E-state index in [1.54, 1.807) is 0 Å². The number of anilines is 1. The average molecular weight is 406 g/mol. The molecule has 1 heterocycles. The third-order valence-corrected chi connectivity index (χ3v) is 5.95. The Kier molecular flexibility index (Phi) is 14.6. The van der Waals surface area contributed by atoms with E-state index in [1.807, 2.05) is 0 Å². The Morgan fingerprint density at radius 3 is 1.69 bits per heavy atom. The molecule has 0 saturated carbocycles. The van der Waals surface area contributed by atoms with Gasteiger partial charge in [0.15, 0.2) is 0 Å². The Balaban J connectivity index is 2.71. The van der Waals surface area contributed by atoms with Crippen LogP contribution >= 0.6 is 0 Å². The van der Waals surface area contributed by atoms with E-state index < -0.39 is 0 Å². The van der Waals surface area contributed by atoms with Gasteiger partial charge in [0, 0.05) is 18.7 Å². The number of hydrogen-bond acceptors (Lipinski definition) is 3. The minimum absolute atomic E-state index is 0.0911. The second-order valence-electron chi connectivity index (χ2n) is 8.38. The van der Waals surface area contributed by atoms with Crippen LogP contribution in [0.1, 0.15) is 122 Å². The predicted octanol–water partition coefficient (Wildman–Crippen LogP) is 6.81. The van der Waals surface area contributed by atoms with Crippen LogP contribution in [0.2, 0.25) is 0 Å². The molecule has 0 unspecified atom stereocenters. The van der Waals surface area contributed by atoms with Crippen molar-refractivity contribution in [3.8, 4) is 0 Å². The Hall–Kier alpha value is -1.32. The maximum Gasteiger partial charge on any atom is 0.255 e. The maximum atomic E-state index is 12.8. The van der Waals surface area contributed by atoms with Crippen LogP contribution < -0.4 is 10.5 Å². The standard InChI is InChI=1S/C25H47N3O/c1-5-9-11-13-15-17-19-21-23-22(20-18-16-14-12-10-6-2)24(29)27-25(26-23)28(7-3)8-4/h5-21H2,1-4H3,(H,26,27,29). The van der Waals surface area contributed by atoms with Crippen molar-refractivity contribution in [1.29, 1.82) is 0 Å². The lowest BCUT2D eigenvalue weighted by atomic mass is 10.0. The molecule has 0 spiro atoms. The fourth-order valence-corrected chi connectivity index (χ4v) is 4.00. The highest BCUT2D eigenvalue weighted by Gasteiger charge is 2.14. The quantitative estimate of drug-likeness (QED) is 0.273. The largest absolute Gasteiger partial charge is 0.343 e. The third-order valence-electron chi connectivity index (χ3n) is 5.95. The van der Waals surface area contributed by atoms with Crippen molar-refractivity contribution in [3.05, 3.63) is 21.6 Å². The molecule has 0 aliphatic rings. The molecule has 0 radical (unpaired) electrons. The van der Waals surface area contributed by atoms with Gasteiger partial charge in [-0.1, -0.05) is 84.5 Å². The Morgan fingerprint density at radius 1 is 0.690 bits per heavy atom. The smallest absolute Gasteiger partial charge is 0.255 e. The van der Waals surface area contributed by atoms with Crippen LogP contribution in [0, 0.1) is 0 Å². The number of aryl methyl sites for hydroxylation is 1. The van der Waals surface area contributed by atoms with E-state index in [0.29, 0.717) is 0 Å². The van der Waals surface area contributed by atoms with E-state index in [1.165, 1.54) is 70.6 Å². The van der Waals surface area contributed by atoms with Crippen LogP contribution in [0.25, 0.3) is 0 Å². The number of rotatable bonds is 18. The van der Waals surface area contributed by atoms with Crippen LogP contribution in [0.5, 0.6) is 0 Å². The highest BCUT2D eigenvalue weighted by Crippen LogP contribution is 2.16. The van der Waals surface area contributed by atoms with Crippen molar-refractivity contribution in [2.24, 2.45) is 0 Å². The highest BCUT2D eigenvalue weighted by molar-refractivity contribution is 5.33. The first-order chi connectivity index (χ1) is 14.2. The third kappa shape index (κ3) is 10.3. The van der Waals surface area contributed by atoms with Gasteiger partial charge in [-0.25, -0.2) is 4.98 Å². The SMILES string of the molecule is CCCCCCCCCc1nc(N(CC)CC)[nH]c(=O)c1CCCCCCCC. The molecule has 1 aromatic rings. The monoisotopic (exact) mass is 405 g/mol. The molecular formula is C25H47N3O. The molecular weight excluding hydrogens is 358 g/mol. The molecule has 0 atom stereocenters. The lowest BCUT2D eigenvalue weighted by Crippen LogP contribution is -2.29. The van der Waals surface area contributed by atoms with Gasteiger partial charge in [0.2, 0.25) is 5.95 Å². The first-order valence-electron chi connectivity index (χ1n) is 12.5. The summed E-state index contributed by atoms with van der Waals surface area (Å²) in [6, 6.07) is 0. The van der Waals surface area contributed by atoms with Gasteiger partial charge in [0.25, 0.3) is 5.56 Å². The molecule has 4 heteroatoms. The molecule has 0 aliphatic carbocycles. The summed E-state index contributed by atoms with van der Waals surface area (Å²) in [6.07, 6.45) is 18.4. The summed E-state index contributed by atoms with van der Waals surface area (Å²) >= 11 is 0. The fourth-order valence-electron chi connectivity index (χ4n) is 4.00. The van der Waals surface area contributed by atoms with E-state index in [2.05, 4.69) is 37.6 Å². The fraction of sp³-hybridized carbons (Fsp3) is 0.840. The molecule has 0 bridgehead atoms. The van der Waals surface area contributed by atoms with Gasteiger partial charge in [0.05, 0.1) is 5.69 Å². The van der Waals surface area contributed by atoms with Crippen molar-refractivity contribution in [3.63, 3.8) is 0 Å². The molecule has 4 nitrogen and oxygen atoms in total. The van der Waals surface area contributed by atoms with E-state index in [0.717, 1.165) is 56.0 Å². The van der Waals surface area contributed by atoms with Crippen molar-refractivity contribution >= 4 is 5.95 Å². The predicted molar refractivity (Wildman–Crippen MR) is 127 cm³/mol. The zero-order valence-electron chi connectivity index (χ0n) is 19.8. The minimum Gasteiger partial charge on any atom is -0.343 e. The Bertz CT molecular complexity index is 578. The number of nitrogens with zero attached hydrogens (tertiary/aromatic N) is 2. The van der Waals surface area contributed by atoms with Crippen LogP contribution in [-0.2, 0) is 12.8 Å². The van der Waals surface area contributed by atoms with Crippen molar-refractivity contribution < 1.29 is 0 Å². The minimum atomic E-state index is 0.0911. The maximum absolute atomic E-state index is 12.8. The molecule has 0 amide bonds. The summed E-state index contributed by atoms with van der Waals surface area (Å²) in [5.74, 6) is 0.754. The summed E-state index contributed by atoms with van der Waals surface area (Å²) in [5.41, 5.74) is 2.09. The Labute approximate surface area is 179 Å². The second-order valence-corrected chi connectivity index (χ2v) is 8.38. The van der Waals surface area contributed by atoms with Crippen molar-refractivity contribution in [2.45, 2.75) is 124 Å². The number of aromatic amines is 1. The number of hydrogen-bond donors (Lipinski definition) is 1. The normalized spacial score (nSPS) is 11.2. The number of H-pyrrole nitrogens is 1. The van der Waals surface area contributed by atoms with Crippen LogP contribution in [0.4, 0.5) is 5.95 Å². The summed E-state index contributed by atoms with van der Waals surface area (Å²) < 4.78 is 0. The van der Waals surface area contributed by atoms with Crippen molar-refractivity contribution in [1.82, 2.24) is 9.97 Å². The molecule has 0 fully saturated rings. The Morgan fingerprint density at radius 2 is 1.17 bits per heavy atom. The first-order valence-corrected chi connectivity index (χ1v) is 12.5. The highest BCUT2D eigenvalue weighted by atomic mass is 16.1. The zero-order valence-corrected chi connectivity index (χ0v) is 19.8. The molecule has 168 valence electrons. The molecule has 1 rings (SSSR count). The molecule has 1 aromatic heterocycles. The molecule has 0 aliphatic heterocycles. The lowest BCUT2D eigenvalue weighted by molar-refractivity contribution is 0.582. The van der Waals surface area contributed by atoms with Gasteiger partial charge in [0.1, 0.15) is 0 Å². The summed E-state index contributed by atoms with van der Waals surface area (Å²) in [6.45, 7) is 10.5. The topological polar surface area (TPSA) is 49.0 Å². The molecule has 1 N–H and O–H groups in total. The molecule has 0 saturated heterocycles. The number of nitrogens with one attached hydrogen (secondary N) is 1. The van der Waals surface area contributed by atoms with Gasteiger partial charge < -0.3 is 4.90 Å². The lowest BCUT2D eigenvalue weighted by Gasteiger charge is -2.20. The van der Waals surface area contributed by atoms with E-state index >= 15 is 0 Å². The van der Waals surface area contributed by atoms with Crippen LogP contribution in [-0.4, -0.2) is 23.1 Å². The molecule has 0 aromatic carbocycles. The van der Waals surface area contributed by atoms with Crippen molar-refractivity contribution in [2.75, 3.05) is 18.0 Å². The summed E-state index contributed by atoms with van der Waals surface area (Å²) in [7, 11) is 0. The van der Waals surface area contributed by atoms with Gasteiger partial charge in [-0.15, -0.1) is 0 Å². The van der Waals surface area contributed by atoms with E-state index in [-0.39, 0.29) is 5.56 Å². The van der Waals surface area contributed by atoms with Gasteiger partial charge in [-0.3, -0.25) is 9.78 Å². The summed E-state index contributed by atoms with van der Waals surface area (Å²) in [4.78, 5) is 23.0. The van der Waals surface area contributed by atoms with Gasteiger partial charge in [-0.2, -0.15) is 0 Å². The van der Waals surface area contributed by atoms with E-state index in [9.17, 15) is 4.79 Å². The first kappa shape index (κ1) is 25.7. The van der Waals surface area contributed by atoms with Crippen LogP contribution in [0.15, 0.2) is 4.79 Å². The average Bonchev–Trinajstić information content (AvgIpc) is 2.72. The number of unbranched alkanes of at least 4 members (excludes halogenated alkanes) is 11. The molecule has 29 heavy (non-hydrogen) atoms. The van der Waals surface area contributed by atoms with Gasteiger partial charge in [-0.05, 0) is 39.5 Å². The van der Waals surface area contributed by atoms with Crippen LogP contribution in [0.3, 0.4) is 0 Å². The van der Waals surface area contributed by atoms with Gasteiger partial charge >= 0.3 is 0 Å². The van der Waals surface area contributed by atoms with E-state index in [4.69, 9.17) is 4.98 Å². The zero-order chi connectivity index (χ0) is 21.3. The second kappa shape index (κ2) is 16.5. The summed E-state index contributed by atoms with van der Waals surface area (Å²) in [5, 5.41) is 0. The number of aromatic nitrogens is 2.